The number of benzene rings is 1. The minimum Gasteiger partial charge on any atom is -0.479 e. The molecule has 0 aliphatic carbocycles. The van der Waals surface area contributed by atoms with Crippen LogP contribution in [0.15, 0.2) is 41.2 Å². The molecule has 26 heavy (non-hydrogen) atoms. The Morgan fingerprint density at radius 1 is 1.31 bits per heavy atom. The van der Waals surface area contributed by atoms with E-state index >= 15 is 0 Å². The predicted octanol–water partition coefficient (Wildman–Crippen LogP) is 2.61. The lowest BCUT2D eigenvalue weighted by Gasteiger charge is -2.13. The number of ether oxygens (including phenoxy) is 2. The highest BCUT2D eigenvalue weighted by Crippen LogP contribution is 2.14. The average molecular weight is 373 g/mol. The quantitative estimate of drug-likeness (QED) is 0.592. The molecule has 1 aromatic carbocycles. The van der Waals surface area contributed by atoms with Crippen molar-refractivity contribution in [2.24, 2.45) is 0 Å². The molecule has 0 radical (unpaired) electrons. The number of nitrogens with zero attached hydrogens (tertiary/aromatic N) is 3. The summed E-state index contributed by atoms with van der Waals surface area (Å²) in [4.78, 5) is 29.1. The number of fused-ring (bicyclic) bond motifs is 1. The fourth-order valence-electron chi connectivity index (χ4n) is 2.30. The second kappa shape index (κ2) is 8.09. The summed E-state index contributed by atoms with van der Waals surface area (Å²) in [6.45, 7) is 3.57. The largest absolute Gasteiger partial charge is 0.479 e. The van der Waals surface area contributed by atoms with Crippen molar-refractivity contribution in [2.75, 3.05) is 0 Å². The second-order valence-electron chi connectivity index (χ2n) is 5.71. The summed E-state index contributed by atoms with van der Waals surface area (Å²) in [6, 6.07) is 10.4. The van der Waals surface area contributed by atoms with Crippen LogP contribution in [0, 0.1) is 0 Å². The number of hydrogen-bond donors (Lipinski definition) is 0. The van der Waals surface area contributed by atoms with Gasteiger partial charge in [-0.3, -0.25) is 4.79 Å². The molecule has 0 saturated heterocycles. The first-order valence-corrected chi connectivity index (χ1v) is 9.15. The van der Waals surface area contributed by atoms with Gasteiger partial charge in [0.25, 0.3) is 5.56 Å². The SMILES string of the molecule is CCCc1nn2c(=O)cc(COC(=O)C(C)Oc3ccccc3)nc2s1. The van der Waals surface area contributed by atoms with Gasteiger partial charge < -0.3 is 9.47 Å². The van der Waals surface area contributed by atoms with E-state index in [0.29, 0.717) is 16.4 Å². The third kappa shape index (κ3) is 4.26. The number of hydrogen-bond acceptors (Lipinski definition) is 7. The van der Waals surface area contributed by atoms with Crippen molar-refractivity contribution in [2.45, 2.75) is 39.4 Å². The molecule has 2 aromatic heterocycles. The molecule has 3 rings (SSSR count). The van der Waals surface area contributed by atoms with Gasteiger partial charge in [-0.15, -0.1) is 0 Å². The zero-order valence-electron chi connectivity index (χ0n) is 14.5. The van der Waals surface area contributed by atoms with Crippen LogP contribution >= 0.6 is 11.3 Å². The molecule has 0 aliphatic heterocycles. The Kier molecular flexibility index (Phi) is 5.62. The molecule has 0 bridgehead atoms. The minimum atomic E-state index is -0.762. The molecule has 0 saturated carbocycles. The summed E-state index contributed by atoms with van der Waals surface area (Å²) in [5.41, 5.74) is 0.107. The van der Waals surface area contributed by atoms with E-state index in [-0.39, 0.29) is 12.2 Å². The molecule has 1 unspecified atom stereocenters. The number of para-hydroxylation sites is 1. The van der Waals surface area contributed by atoms with Gasteiger partial charge in [-0.1, -0.05) is 36.5 Å². The number of aromatic nitrogens is 3. The van der Waals surface area contributed by atoms with Gasteiger partial charge in [0.1, 0.15) is 17.4 Å². The lowest BCUT2D eigenvalue weighted by atomic mass is 10.3. The van der Waals surface area contributed by atoms with E-state index < -0.39 is 12.1 Å². The predicted molar refractivity (Wildman–Crippen MR) is 97.5 cm³/mol. The minimum absolute atomic E-state index is 0.0892. The first kappa shape index (κ1) is 18.1. The second-order valence-corrected chi connectivity index (χ2v) is 6.75. The van der Waals surface area contributed by atoms with Gasteiger partial charge in [-0.2, -0.15) is 9.61 Å². The molecule has 0 aliphatic rings. The summed E-state index contributed by atoms with van der Waals surface area (Å²) < 4.78 is 12.0. The summed E-state index contributed by atoms with van der Waals surface area (Å²) >= 11 is 1.37. The Hall–Kier alpha value is -2.74. The molecule has 8 heteroatoms. The topological polar surface area (TPSA) is 82.8 Å². The third-order valence-corrected chi connectivity index (χ3v) is 4.52. The first-order chi connectivity index (χ1) is 12.6. The maximum Gasteiger partial charge on any atom is 0.347 e. The maximum absolute atomic E-state index is 12.1. The summed E-state index contributed by atoms with van der Waals surface area (Å²) in [5, 5.41) is 5.10. The van der Waals surface area contributed by atoms with Crippen LogP contribution in [0.4, 0.5) is 0 Å². The van der Waals surface area contributed by atoms with E-state index in [1.807, 2.05) is 25.1 Å². The highest BCUT2D eigenvalue weighted by atomic mass is 32.1. The zero-order valence-corrected chi connectivity index (χ0v) is 15.4. The number of rotatable bonds is 7. The van der Waals surface area contributed by atoms with Crippen molar-refractivity contribution in [1.82, 2.24) is 14.6 Å². The lowest BCUT2D eigenvalue weighted by molar-refractivity contribution is -0.152. The van der Waals surface area contributed by atoms with Crippen LogP contribution in [0.5, 0.6) is 5.75 Å². The van der Waals surface area contributed by atoms with Crippen molar-refractivity contribution < 1.29 is 14.3 Å². The number of aryl methyl sites for hydroxylation is 1. The van der Waals surface area contributed by atoms with Crippen LogP contribution in [0.3, 0.4) is 0 Å². The van der Waals surface area contributed by atoms with E-state index in [9.17, 15) is 9.59 Å². The Morgan fingerprint density at radius 3 is 2.81 bits per heavy atom. The fraction of sp³-hybridized carbons (Fsp3) is 0.333. The normalized spacial score (nSPS) is 12.1. The van der Waals surface area contributed by atoms with E-state index in [1.54, 1.807) is 19.1 Å². The maximum atomic E-state index is 12.1. The fourth-order valence-corrected chi connectivity index (χ4v) is 3.32. The van der Waals surface area contributed by atoms with Gasteiger partial charge in [-0.25, -0.2) is 9.78 Å². The molecule has 136 valence electrons. The Bertz CT molecular complexity index is 952. The molecule has 1 atom stereocenters. The van der Waals surface area contributed by atoms with Gasteiger partial charge in [0.05, 0.1) is 5.69 Å². The van der Waals surface area contributed by atoms with Gasteiger partial charge >= 0.3 is 5.97 Å². The van der Waals surface area contributed by atoms with Crippen molar-refractivity contribution in [3.05, 3.63) is 57.5 Å². The summed E-state index contributed by atoms with van der Waals surface area (Å²) in [7, 11) is 0. The Morgan fingerprint density at radius 2 is 2.08 bits per heavy atom. The van der Waals surface area contributed by atoms with Crippen molar-refractivity contribution >= 4 is 22.3 Å². The molecular formula is C18H19N3O4S. The molecule has 0 spiro atoms. The first-order valence-electron chi connectivity index (χ1n) is 8.34. The van der Waals surface area contributed by atoms with Crippen LogP contribution in [0.25, 0.3) is 4.96 Å². The average Bonchev–Trinajstić information content (AvgIpc) is 3.04. The smallest absolute Gasteiger partial charge is 0.347 e. The molecular weight excluding hydrogens is 354 g/mol. The Labute approximate surface area is 154 Å². The monoisotopic (exact) mass is 373 g/mol. The number of esters is 1. The lowest BCUT2D eigenvalue weighted by Crippen LogP contribution is -2.26. The highest BCUT2D eigenvalue weighted by molar-refractivity contribution is 7.16. The molecule has 0 amide bonds. The summed E-state index contributed by atoms with van der Waals surface area (Å²) in [5.74, 6) is 0.0645. The van der Waals surface area contributed by atoms with E-state index in [0.717, 1.165) is 17.8 Å². The third-order valence-electron chi connectivity index (χ3n) is 3.55. The van der Waals surface area contributed by atoms with Crippen molar-refractivity contribution in [3.63, 3.8) is 0 Å². The summed E-state index contributed by atoms with van der Waals surface area (Å²) in [6.07, 6.45) is 0.978. The molecule has 0 fully saturated rings. The van der Waals surface area contributed by atoms with E-state index in [4.69, 9.17) is 9.47 Å². The van der Waals surface area contributed by atoms with Crippen LogP contribution in [-0.2, 0) is 22.6 Å². The molecule has 2 heterocycles. The van der Waals surface area contributed by atoms with Crippen LogP contribution in [0.1, 0.15) is 31.0 Å². The van der Waals surface area contributed by atoms with E-state index in [1.165, 1.54) is 21.9 Å². The standard InChI is InChI=1S/C18H19N3O4S/c1-3-7-15-20-21-16(22)10-13(19-18(21)26-15)11-24-17(23)12(2)25-14-8-5-4-6-9-14/h4-6,8-10,12H,3,7,11H2,1-2H3. The number of carbonyl (C=O) groups excluding carboxylic acids is 1. The van der Waals surface area contributed by atoms with Crippen LogP contribution in [0.2, 0.25) is 0 Å². The molecule has 3 aromatic rings. The van der Waals surface area contributed by atoms with Crippen LogP contribution < -0.4 is 10.3 Å². The molecule has 7 nitrogen and oxygen atoms in total. The van der Waals surface area contributed by atoms with Crippen LogP contribution in [-0.4, -0.2) is 26.7 Å². The van der Waals surface area contributed by atoms with Crippen molar-refractivity contribution in [3.8, 4) is 5.75 Å². The highest BCUT2D eigenvalue weighted by Gasteiger charge is 2.17. The Balaban J connectivity index is 1.65. The van der Waals surface area contributed by atoms with Gasteiger partial charge in [0.15, 0.2) is 6.10 Å². The van der Waals surface area contributed by atoms with Crippen molar-refractivity contribution in [1.29, 1.82) is 0 Å². The number of carbonyl (C=O) groups is 1. The molecule has 0 N–H and O–H groups in total. The zero-order chi connectivity index (χ0) is 18.5. The van der Waals surface area contributed by atoms with E-state index in [2.05, 4.69) is 10.1 Å². The van der Waals surface area contributed by atoms with Gasteiger partial charge in [0.2, 0.25) is 4.96 Å². The van der Waals surface area contributed by atoms with Gasteiger partial charge in [0, 0.05) is 12.5 Å². The van der Waals surface area contributed by atoms with Gasteiger partial charge in [-0.05, 0) is 25.5 Å².